The summed E-state index contributed by atoms with van der Waals surface area (Å²) in [5.74, 6) is -0.441. The predicted molar refractivity (Wildman–Crippen MR) is 69.2 cm³/mol. The zero-order valence-electron chi connectivity index (χ0n) is 10.5. The fourth-order valence-electron chi connectivity index (χ4n) is 1.93. The summed E-state index contributed by atoms with van der Waals surface area (Å²) in [7, 11) is 0. The fraction of sp³-hybridized carbons (Fsp3) is 0.214. The first-order valence-corrected chi connectivity index (χ1v) is 5.94. The highest BCUT2D eigenvalue weighted by Crippen LogP contribution is 2.27. The smallest absolute Gasteiger partial charge is 0.142 e. The number of benzene rings is 1. The molecule has 100 valence electrons. The average Bonchev–Trinajstić information content (AvgIpc) is 2.41. The van der Waals surface area contributed by atoms with Gasteiger partial charge in [-0.1, -0.05) is 6.07 Å². The third-order valence-corrected chi connectivity index (χ3v) is 2.77. The van der Waals surface area contributed by atoms with E-state index in [-0.39, 0.29) is 12.4 Å². The van der Waals surface area contributed by atoms with Gasteiger partial charge < -0.3 is 10.0 Å². The third kappa shape index (κ3) is 2.88. The van der Waals surface area contributed by atoms with Crippen LogP contribution < -0.4 is 4.90 Å². The van der Waals surface area contributed by atoms with Gasteiger partial charge in [-0.25, -0.2) is 13.8 Å². The van der Waals surface area contributed by atoms with E-state index >= 15 is 0 Å². The molecule has 0 unspecified atom stereocenters. The summed E-state index contributed by atoms with van der Waals surface area (Å²) in [5, 5.41) is 9.28. The van der Waals surface area contributed by atoms with Crippen LogP contribution in [0, 0.1) is 11.6 Å². The number of rotatable bonds is 4. The lowest BCUT2D eigenvalue weighted by Crippen LogP contribution is -2.19. The van der Waals surface area contributed by atoms with Crippen LogP contribution in [0.3, 0.4) is 0 Å². The van der Waals surface area contributed by atoms with Crippen molar-refractivity contribution in [3.05, 3.63) is 53.7 Å². The molecule has 0 aliphatic rings. The first-order chi connectivity index (χ1) is 9.15. The number of hydrogen-bond donors (Lipinski definition) is 1. The lowest BCUT2D eigenvalue weighted by molar-refractivity contribution is 0.281. The summed E-state index contributed by atoms with van der Waals surface area (Å²) in [5.41, 5.74) is 0.974. The standard InChI is InChI=1S/C14H14F2N2O/c1-2-18(13-5-3-4-11(15)7-13)14-10(9-19)6-12(16)8-17-14/h3-8,19H,2,9H2,1H3. The van der Waals surface area contributed by atoms with E-state index in [9.17, 15) is 13.9 Å². The molecule has 1 heterocycles. The second-order valence-corrected chi connectivity index (χ2v) is 4.02. The van der Waals surface area contributed by atoms with Gasteiger partial charge in [0.2, 0.25) is 0 Å². The Morgan fingerprint density at radius 2 is 2.00 bits per heavy atom. The number of pyridine rings is 1. The molecule has 0 saturated heterocycles. The highest BCUT2D eigenvalue weighted by atomic mass is 19.1. The van der Waals surface area contributed by atoms with Crippen LogP contribution in [0.15, 0.2) is 36.5 Å². The monoisotopic (exact) mass is 264 g/mol. The van der Waals surface area contributed by atoms with E-state index < -0.39 is 5.82 Å². The molecule has 2 rings (SSSR count). The number of aromatic nitrogens is 1. The van der Waals surface area contributed by atoms with Crippen molar-refractivity contribution in [1.82, 2.24) is 4.98 Å². The van der Waals surface area contributed by atoms with Gasteiger partial charge in [0.05, 0.1) is 12.8 Å². The molecule has 0 aliphatic carbocycles. The van der Waals surface area contributed by atoms with Crippen molar-refractivity contribution in [3.63, 3.8) is 0 Å². The van der Waals surface area contributed by atoms with Gasteiger partial charge in [-0.15, -0.1) is 0 Å². The van der Waals surface area contributed by atoms with Crippen LogP contribution in [0.5, 0.6) is 0 Å². The lowest BCUT2D eigenvalue weighted by atomic mass is 10.2. The molecule has 1 aromatic carbocycles. The van der Waals surface area contributed by atoms with Crippen LogP contribution in [0.4, 0.5) is 20.3 Å². The van der Waals surface area contributed by atoms with Crippen molar-refractivity contribution < 1.29 is 13.9 Å². The largest absolute Gasteiger partial charge is 0.392 e. The lowest BCUT2D eigenvalue weighted by Gasteiger charge is -2.24. The van der Waals surface area contributed by atoms with Crippen LogP contribution in [-0.2, 0) is 6.61 Å². The van der Waals surface area contributed by atoms with Crippen molar-refractivity contribution in [2.45, 2.75) is 13.5 Å². The van der Waals surface area contributed by atoms with Crippen molar-refractivity contribution in [2.75, 3.05) is 11.4 Å². The van der Waals surface area contributed by atoms with Crippen molar-refractivity contribution in [2.24, 2.45) is 0 Å². The zero-order valence-corrected chi connectivity index (χ0v) is 10.5. The molecule has 3 nitrogen and oxygen atoms in total. The van der Waals surface area contributed by atoms with Gasteiger partial charge in [0.25, 0.3) is 0 Å². The minimum atomic E-state index is -0.511. The highest BCUT2D eigenvalue weighted by Gasteiger charge is 2.14. The molecule has 0 fully saturated rings. The molecular formula is C14H14F2N2O. The van der Waals surface area contributed by atoms with E-state index in [1.807, 2.05) is 6.92 Å². The van der Waals surface area contributed by atoms with Gasteiger partial charge >= 0.3 is 0 Å². The molecule has 19 heavy (non-hydrogen) atoms. The molecule has 0 aliphatic heterocycles. The highest BCUT2D eigenvalue weighted by molar-refractivity contribution is 5.62. The maximum Gasteiger partial charge on any atom is 0.142 e. The molecular weight excluding hydrogens is 250 g/mol. The number of nitrogens with zero attached hydrogens (tertiary/aromatic N) is 2. The average molecular weight is 264 g/mol. The fourth-order valence-corrected chi connectivity index (χ4v) is 1.93. The van der Waals surface area contributed by atoms with Crippen LogP contribution in [0.2, 0.25) is 0 Å². The van der Waals surface area contributed by atoms with Crippen LogP contribution in [0.1, 0.15) is 12.5 Å². The summed E-state index contributed by atoms with van der Waals surface area (Å²) in [6.45, 7) is 2.07. The molecule has 1 N–H and O–H groups in total. The van der Waals surface area contributed by atoms with E-state index in [1.54, 1.807) is 17.0 Å². The first-order valence-electron chi connectivity index (χ1n) is 5.94. The molecule has 0 amide bonds. The molecule has 0 saturated carbocycles. The van der Waals surface area contributed by atoms with Crippen LogP contribution in [-0.4, -0.2) is 16.6 Å². The first kappa shape index (κ1) is 13.4. The second-order valence-electron chi connectivity index (χ2n) is 4.02. The minimum absolute atomic E-state index is 0.327. The van der Waals surface area contributed by atoms with E-state index in [1.165, 1.54) is 18.2 Å². The van der Waals surface area contributed by atoms with Gasteiger partial charge in [0, 0.05) is 17.8 Å². The van der Waals surface area contributed by atoms with Crippen molar-refractivity contribution >= 4 is 11.5 Å². The van der Waals surface area contributed by atoms with Crippen LogP contribution >= 0.6 is 0 Å². The molecule has 0 bridgehead atoms. The van der Waals surface area contributed by atoms with Crippen LogP contribution in [0.25, 0.3) is 0 Å². The van der Waals surface area contributed by atoms with E-state index in [0.29, 0.717) is 23.6 Å². The van der Waals surface area contributed by atoms with Gasteiger partial charge in [-0.3, -0.25) is 0 Å². The summed E-state index contributed by atoms with van der Waals surface area (Å²) in [4.78, 5) is 5.71. The third-order valence-electron chi connectivity index (χ3n) is 2.77. The molecule has 5 heteroatoms. The predicted octanol–water partition coefficient (Wildman–Crippen LogP) is 3.01. The Hall–Kier alpha value is -2.01. The number of hydrogen-bond acceptors (Lipinski definition) is 3. The summed E-state index contributed by atoms with van der Waals surface area (Å²) >= 11 is 0. The SMILES string of the molecule is CCN(c1cccc(F)c1)c1ncc(F)cc1CO. The Bertz CT molecular complexity index is 575. The van der Waals surface area contributed by atoms with Gasteiger partial charge in [0.15, 0.2) is 0 Å². The number of aliphatic hydroxyl groups excluding tert-OH is 1. The minimum Gasteiger partial charge on any atom is -0.392 e. The molecule has 0 atom stereocenters. The Balaban J connectivity index is 2.48. The van der Waals surface area contributed by atoms with E-state index in [0.717, 1.165) is 6.20 Å². The quantitative estimate of drug-likeness (QED) is 0.922. The zero-order chi connectivity index (χ0) is 13.8. The molecule has 2 aromatic rings. The Kier molecular flexibility index (Phi) is 4.06. The summed E-state index contributed by atoms with van der Waals surface area (Å²) in [6, 6.07) is 7.27. The van der Waals surface area contributed by atoms with E-state index in [2.05, 4.69) is 4.98 Å². The second kappa shape index (κ2) is 5.75. The normalized spacial score (nSPS) is 10.5. The maximum absolute atomic E-state index is 13.3. The molecule has 1 aromatic heterocycles. The maximum atomic E-state index is 13.3. The number of anilines is 2. The van der Waals surface area contributed by atoms with Gasteiger partial charge in [0.1, 0.15) is 17.5 Å². The Morgan fingerprint density at radius 3 is 2.63 bits per heavy atom. The summed E-state index contributed by atoms with van der Waals surface area (Å²) < 4.78 is 26.4. The van der Waals surface area contributed by atoms with E-state index in [4.69, 9.17) is 0 Å². The molecule has 0 spiro atoms. The van der Waals surface area contributed by atoms with Gasteiger partial charge in [-0.05, 0) is 31.2 Å². The van der Waals surface area contributed by atoms with Gasteiger partial charge in [-0.2, -0.15) is 0 Å². The molecule has 0 radical (unpaired) electrons. The van der Waals surface area contributed by atoms with Crippen molar-refractivity contribution in [3.8, 4) is 0 Å². The Labute approximate surface area is 110 Å². The summed E-state index contributed by atoms with van der Waals surface area (Å²) in [6.07, 6.45) is 1.08. The number of halogens is 2. The van der Waals surface area contributed by atoms with Crippen molar-refractivity contribution in [1.29, 1.82) is 0 Å². The topological polar surface area (TPSA) is 36.4 Å². The Morgan fingerprint density at radius 1 is 1.21 bits per heavy atom. The number of aliphatic hydroxyl groups is 1.